The Hall–Kier alpha value is -2.89. The lowest BCUT2D eigenvalue weighted by molar-refractivity contribution is -0.139. The molecule has 1 aromatic carbocycles. The van der Waals surface area contributed by atoms with E-state index >= 15 is 0 Å². The molecule has 2 rings (SSSR count). The van der Waals surface area contributed by atoms with Crippen LogP contribution < -0.4 is 4.74 Å². The predicted octanol–water partition coefficient (Wildman–Crippen LogP) is 1.89. The second-order valence-corrected chi connectivity index (χ2v) is 4.51. The van der Waals surface area contributed by atoms with Crippen LogP contribution in [0.25, 0.3) is 0 Å². The minimum absolute atomic E-state index is 0.109. The monoisotopic (exact) mass is 301 g/mol. The molecule has 0 aliphatic heterocycles. The van der Waals surface area contributed by atoms with Crippen LogP contribution in [0.3, 0.4) is 0 Å². The summed E-state index contributed by atoms with van der Waals surface area (Å²) in [5, 5.41) is 9.56. The molecule has 0 aliphatic carbocycles. The van der Waals surface area contributed by atoms with Crippen LogP contribution in [0.15, 0.2) is 36.5 Å². The first-order valence-electron chi connectivity index (χ1n) is 6.54. The molecule has 0 fully saturated rings. The van der Waals surface area contributed by atoms with Gasteiger partial charge in [0, 0.05) is 11.8 Å². The molecule has 0 atom stereocenters. The van der Waals surface area contributed by atoms with E-state index in [1.54, 1.807) is 30.5 Å². The van der Waals surface area contributed by atoms with Gasteiger partial charge in [-0.3, -0.25) is 14.6 Å². The van der Waals surface area contributed by atoms with Crippen LogP contribution in [0.2, 0.25) is 0 Å². The van der Waals surface area contributed by atoms with Crippen LogP contribution in [-0.4, -0.2) is 29.5 Å². The highest BCUT2D eigenvalue weighted by molar-refractivity contribution is 5.83. The van der Waals surface area contributed by atoms with E-state index in [-0.39, 0.29) is 30.3 Å². The number of aromatic nitrogens is 1. The second-order valence-electron chi connectivity index (χ2n) is 4.51. The van der Waals surface area contributed by atoms with Crippen molar-refractivity contribution in [1.82, 2.24) is 4.98 Å². The Kier molecular flexibility index (Phi) is 5.08. The van der Waals surface area contributed by atoms with Crippen LogP contribution in [-0.2, 0) is 22.6 Å². The van der Waals surface area contributed by atoms with Gasteiger partial charge < -0.3 is 14.6 Å². The highest BCUT2D eigenvalue weighted by Crippen LogP contribution is 2.26. The fourth-order valence-electron chi connectivity index (χ4n) is 1.80. The number of aldehydes is 1. The molecule has 1 aromatic heterocycles. The molecular weight excluding hydrogens is 286 g/mol. The van der Waals surface area contributed by atoms with Crippen molar-refractivity contribution in [2.75, 3.05) is 7.11 Å². The molecular formula is C16H15NO5. The number of phenolic OH excluding ortho intramolecular Hbond substituents is 1. The van der Waals surface area contributed by atoms with Gasteiger partial charge in [0.1, 0.15) is 18.1 Å². The van der Waals surface area contributed by atoms with Gasteiger partial charge in [0.2, 0.25) is 0 Å². The number of esters is 1. The quantitative estimate of drug-likeness (QED) is 0.648. The molecule has 0 spiro atoms. The van der Waals surface area contributed by atoms with Crippen molar-refractivity contribution in [3.8, 4) is 11.5 Å². The van der Waals surface area contributed by atoms with Crippen molar-refractivity contribution in [3.05, 3.63) is 53.3 Å². The molecule has 0 radical (unpaired) electrons. The third-order valence-corrected chi connectivity index (χ3v) is 2.99. The van der Waals surface area contributed by atoms with E-state index < -0.39 is 0 Å². The zero-order valence-corrected chi connectivity index (χ0v) is 12.0. The van der Waals surface area contributed by atoms with Gasteiger partial charge in [0.05, 0.1) is 24.8 Å². The Morgan fingerprint density at radius 3 is 2.77 bits per heavy atom. The van der Waals surface area contributed by atoms with Gasteiger partial charge in [0.25, 0.3) is 0 Å². The maximum atomic E-state index is 11.1. The van der Waals surface area contributed by atoms with Crippen LogP contribution in [0.4, 0.5) is 0 Å². The molecule has 1 heterocycles. The van der Waals surface area contributed by atoms with E-state index in [1.165, 1.54) is 13.2 Å². The third-order valence-electron chi connectivity index (χ3n) is 2.99. The summed E-state index contributed by atoms with van der Waals surface area (Å²) in [5.74, 6) is -0.181. The Labute approximate surface area is 127 Å². The summed E-state index contributed by atoms with van der Waals surface area (Å²) in [5.41, 5.74) is 1.48. The Morgan fingerprint density at radius 2 is 2.14 bits per heavy atom. The first-order valence-corrected chi connectivity index (χ1v) is 6.54. The molecule has 1 N–H and O–H groups in total. The molecule has 22 heavy (non-hydrogen) atoms. The Morgan fingerprint density at radius 1 is 1.32 bits per heavy atom. The average molecular weight is 301 g/mol. The maximum absolute atomic E-state index is 11.1. The number of methoxy groups -OCH3 is 1. The average Bonchev–Trinajstić information content (AvgIpc) is 2.54. The fourth-order valence-corrected chi connectivity index (χ4v) is 1.80. The first kappa shape index (κ1) is 15.5. The van der Waals surface area contributed by atoms with Gasteiger partial charge >= 0.3 is 5.97 Å². The number of rotatable bonds is 6. The van der Waals surface area contributed by atoms with Crippen molar-refractivity contribution in [1.29, 1.82) is 0 Å². The number of phenols is 1. The van der Waals surface area contributed by atoms with Crippen LogP contribution in [0.5, 0.6) is 11.5 Å². The minimum atomic E-state index is -0.355. The molecule has 0 saturated heterocycles. The van der Waals surface area contributed by atoms with Gasteiger partial charge in [-0.1, -0.05) is 12.1 Å². The van der Waals surface area contributed by atoms with Crippen molar-refractivity contribution in [2.45, 2.75) is 13.0 Å². The van der Waals surface area contributed by atoms with Gasteiger partial charge in [-0.15, -0.1) is 0 Å². The van der Waals surface area contributed by atoms with Gasteiger partial charge in [-0.2, -0.15) is 0 Å². The standard InChI is InChI=1S/C16H15NO5/c1-21-16(20)7-12-6-5-11(8-17-12)10-22-15-4-2-3-14(19)13(15)9-18/h2-6,8-9,19H,7,10H2,1H3. The molecule has 0 aliphatic rings. The lowest BCUT2D eigenvalue weighted by atomic mass is 10.2. The van der Waals surface area contributed by atoms with Crippen LogP contribution >= 0.6 is 0 Å². The number of aromatic hydroxyl groups is 1. The lowest BCUT2D eigenvalue weighted by Crippen LogP contribution is -2.06. The normalized spacial score (nSPS) is 10.0. The molecule has 0 bridgehead atoms. The Balaban J connectivity index is 2.02. The number of carbonyl (C=O) groups excluding carboxylic acids is 2. The largest absolute Gasteiger partial charge is 0.507 e. The fraction of sp³-hybridized carbons (Fsp3) is 0.188. The van der Waals surface area contributed by atoms with Crippen LogP contribution in [0.1, 0.15) is 21.6 Å². The maximum Gasteiger partial charge on any atom is 0.311 e. The van der Waals surface area contributed by atoms with E-state index in [0.717, 1.165) is 5.56 Å². The minimum Gasteiger partial charge on any atom is -0.507 e. The van der Waals surface area contributed by atoms with Crippen molar-refractivity contribution < 1.29 is 24.2 Å². The molecule has 6 heteroatoms. The zero-order valence-electron chi connectivity index (χ0n) is 12.0. The lowest BCUT2D eigenvalue weighted by Gasteiger charge is -2.09. The SMILES string of the molecule is COC(=O)Cc1ccc(COc2cccc(O)c2C=O)cn1. The molecule has 6 nitrogen and oxygen atoms in total. The number of hydrogen-bond acceptors (Lipinski definition) is 6. The van der Waals surface area contributed by atoms with Gasteiger partial charge in [-0.05, 0) is 18.2 Å². The van der Waals surface area contributed by atoms with Gasteiger partial charge in [-0.25, -0.2) is 0 Å². The van der Waals surface area contributed by atoms with E-state index in [9.17, 15) is 14.7 Å². The van der Waals surface area contributed by atoms with Crippen LogP contribution in [0, 0.1) is 0 Å². The van der Waals surface area contributed by atoms with Crippen molar-refractivity contribution >= 4 is 12.3 Å². The zero-order chi connectivity index (χ0) is 15.9. The highest BCUT2D eigenvalue weighted by atomic mass is 16.5. The number of hydrogen-bond donors (Lipinski definition) is 1. The predicted molar refractivity (Wildman–Crippen MR) is 77.8 cm³/mol. The first-order chi connectivity index (χ1) is 10.6. The Bertz CT molecular complexity index is 667. The molecule has 114 valence electrons. The molecule has 0 unspecified atom stereocenters. The van der Waals surface area contributed by atoms with E-state index in [4.69, 9.17) is 4.74 Å². The third kappa shape index (κ3) is 3.82. The highest BCUT2D eigenvalue weighted by Gasteiger charge is 2.08. The van der Waals surface area contributed by atoms with Gasteiger partial charge in [0.15, 0.2) is 6.29 Å². The summed E-state index contributed by atoms with van der Waals surface area (Å²) in [6.07, 6.45) is 2.24. The molecule has 2 aromatic rings. The van der Waals surface area contributed by atoms with E-state index in [1.807, 2.05) is 0 Å². The van der Waals surface area contributed by atoms with Crippen molar-refractivity contribution in [2.24, 2.45) is 0 Å². The van der Waals surface area contributed by atoms with Crippen molar-refractivity contribution in [3.63, 3.8) is 0 Å². The van der Waals surface area contributed by atoms with E-state index in [0.29, 0.717) is 17.7 Å². The number of pyridine rings is 1. The summed E-state index contributed by atoms with van der Waals surface area (Å²) >= 11 is 0. The number of ether oxygens (including phenoxy) is 2. The number of nitrogens with zero attached hydrogens (tertiary/aromatic N) is 1. The number of benzene rings is 1. The number of carbonyl (C=O) groups is 2. The second kappa shape index (κ2) is 7.21. The smallest absolute Gasteiger partial charge is 0.311 e. The summed E-state index contributed by atoms with van der Waals surface area (Å²) in [6, 6.07) is 8.09. The summed E-state index contributed by atoms with van der Waals surface area (Å²) in [7, 11) is 1.32. The summed E-state index contributed by atoms with van der Waals surface area (Å²) < 4.78 is 10.1. The summed E-state index contributed by atoms with van der Waals surface area (Å²) in [6.45, 7) is 0.190. The molecule has 0 amide bonds. The topological polar surface area (TPSA) is 85.7 Å². The van der Waals surface area contributed by atoms with E-state index in [2.05, 4.69) is 9.72 Å². The summed E-state index contributed by atoms with van der Waals surface area (Å²) in [4.78, 5) is 26.2. The molecule has 0 saturated carbocycles.